The van der Waals surface area contributed by atoms with Gasteiger partial charge in [-0.1, -0.05) is 6.07 Å². The number of benzene rings is 1. The van der Waals surface area contributed by atoms with Gasteiger partial charge in [-0.05, 0) is 6.07 Å². The molecule has 0 bridgehead atoms. The molecule has 2 atom stereocenters. The second-order valence-corrected chi connectivity index (χ2v) is 4.98. The predicted octanol–water partition coefficient (Wildman–Crippen LogP) is 2.68. The maximum Gasteiger partial charge on any atom is 0.143 e. The van der Waals surface area contributed by atoms with Crippen molar-refractivity contribution < 1.29 is 9.47 Å². The molecule has 2 heterocycles. The van der Waals surface area contributed by atoms with Crippen LogP contribution in [-0.4, -0.2) is 12.1 Å². The lowest BCUT2D eigenvalue weighted by atomic mass is 9.96. The Bertz CT molecular complexity index is 542. The number of ether oxygens (including phenoxy) is 2. The molecule has 5 heteroatoms. The summed E-state index contributed by atoms with van der Waals surface area (Å²) >= 11 is 1.57. The number of rotatable bonds is 2. The summed E-state index contributed by atoms with van der Waals surface area (Å²) in [6.45, 7) is 0. The second kappa shape index (κ2) is 4.59. The fourth-order valence-corrected chi connectivity index (χ4v) is 2.77. The Morgan fingerprint density at radius 1 is 1.50 bits per heavy atom. The molecule has 0 spiro atoms. The number of nitrogens with two attached hydrogens (primary N) is 1. The van der Waals surface area contributed by atoms with Crippen molar-refractivity contribution in [2.75, 3.05) is 7.11 Å². The van der Waals surface area contributed by atoms with Crippen molar-refractivity contribution in [3.05, 3.63) is 40.3 Å². The van der Waals surface area contributed by atoms with Crippen LogP contribution < -0.4 is 15.2 Å². The zero-order valence-electron chi connectivity index (χ0n) is 10.00. The first-order chi connectivity index (χ1) is 8.78. The molecule has 1 aromatic carbocycles. The van der Waals surface area contributed by atoms with Gasteiger partial charge in [0.2, 0.25) is 0 Å². The Labute approximate surface area is 109 Å². The van der Waals surface area contributed by atoms with E-state index in [0.717, 1.165) is 29.2 Å². The lowest BCUT2D eigenvalue weighted by Crippen LogP contribution is -2.24. The van der Waals surface area contributed by atoms with Crippen molar-refractivity contribution in [3.63, 3.8) is 0 Å². The molecule has 0 amide bonds. The van der Waals surface area contributed by atoms with Crippen LogP contribution in [0.3, 0.4) is 0 Å². The van der Waals surface area contributed by atoms with Crippen LogP contribution in [0, 0.1) is 0 Å². The van der Waals surface area contributed by atoms with Crippen LogP contribution in [0.15, 0.2) is 29.1 Å². The number of aromatic nitrogens is 1. The summed E-state index contributed by atoms with van der Waals surface area (Å²) in [7, 11) is 1.64. The highest BCUT2D eigenvalue weighted by molar-refractivity contribution is 7.07. The minimum absolute atomic E-state index is 0.0219. The minimum Gasteiger partial charge on any atom is -0.497 e. The van der Waals surface area contributed by atoms with Gasteiger partial charge in [0.1, 0.15) is 17.6 Å². The van der Waals surface area contributed by atoms with Crippen molar-refractivity contribution >= 4 is 11.3 Å². The van der Waals surface area contributed by atoms with Crippen LogP contribution in [0.25, 0.3) is 0 Å². The van der Waals surface area contributed by atoms with Gasteiger partial charge in [-0.25, -0.2) is 4.98 Å². The molecular weight excluding hydrogens is 248 g/mol. The van der Waals surface area contributed by atoms with Crippen LogP contribution in [0.1, 0.15) is 29.8 Å². The quantitative estimate of drug-likeness (QED) is 0.904. The van der Waals surface area contributed by atoms with Crippen molar-refractivity contribution in [1.82, 2.24) is 4.98 Å². The number of methoxy groups -OCH3 is 1. The number of hydrogen-bond acceptors (Lipinski definition) is 5. The normalized spacial score (nSPS) is 22.1. The molecule has 2 aromatic rings. The van der Waals surface area contributed by atoms with Gasteiger partial charge in [0, 0.05) is 29.5 Å². The van der Waals surface area contributed by atoms with Crippen LogP contribution in [0.2, 0.25) is 0 Å². The van der Waals surface area contributed by atoms with Crippen LogP contribution in [-0.2, 0) is 0 Å². The molecule has 0 radical (unpaired) electrons. The average Bonchev–Trinajstić information content (AvgIpc) is 2.91. The van der Waals surface area contributed by atoms with Gasteiger partial charge in [0.05, 0.1) is 18.3 Å². The van der Waals surface area contributed by atoms with Gasteiger partial charge < -0.3 is 15.2 Å². The van der Waals surface area contributed by atoms with Crippen molar-refractivity contribution in [2.24, 2.45) is 5.73 Å². The lowest BCUT2D eigenvalue weighted by molar-refractivity contribution is 0.157. The van der Waals surface area contributed by atoms with E-state index in [4.69, 9.17) is 15.2 Å². The third kappa shape index (κ3) is 1.95. The summed E-state index contributed by atoms with van der Waals surface area (Å²) in [6, 6.07) is 5.74. The monoisotopic (exact) mass is 262 g/mol. The van der Waals surface area contributed by atoms with Gasteiger partial charge in [-0.2, -0.15) is 0 Å². The number of hydrogen-bond donors (Lipinski definition) is 1. The number of fused-ring (bicyclic) bond motifs is 1. The van der Waals surface area contributed by atoms with E-state index in [-0.39, 0.29) is 12.1 Å². The Hall–Kier alpha value is -1.59. The van der Waals surface area contributed by atoms with Gasteiger partial charge in [-0.3, -0.25) is 0 Å². The molecular formula is C13H14N2O2S. The third-order valence-electron chi connectivity index (χ3n) is 3.14. The zero-order valence-corrected chi connectivity index (χ0v) is 10.8. The Kier molecular flexibility index (Phi) is 2.93. The Morgan fingerprint density at radius 2 is 2.39 bits per heavy atom. The molecule has 1 aromatic heterocycles. The maximum atomic E-state index is 6.19. The van der Waals surface area contributed by atoms with E-state index < -0.39 is 0 Å². The average molecular weight is 262 g/mol. The molecule has 0 saturated carbocycles. The lowest BCUT2D eigenvalue weighted by Gasteiger charge is -2.29. The van der Waals surface area contributed by atoms with E-state index in [0.29, 0.717) is 0 Å². The molecule has 0 aliphatic carbocycles. The molecule has 4 nitrogen and oxygen atoms in total. The van der Waals surface area contributed by atoms with Crippen molar-refractivity contribution in [1.29, 1.82) is 0 Å². The molecule has 1 aliphatic heterocycles. The largest absolute Gasteiger partial charge is 0.497 e. The molecule has 18 heavy (non-hydrogen) atoms. The summed E-state index contributed by atoms with van der Waals surface area (Å²) in [4.78, 5) is 4.30. The predicted molar refractivity (Wildman–Crippen MR) is 70.0 cm³/mol. The van der Waals surface area contributed by atoms with Crippen molar-refractivity contribution in [2.45, 2.75) is 18.6 Å². The van der Waals surface area contributed by atoms with E-state index >= 15 is 0 Å². The molecule has 2 unspecified atom stereocenters. The highest BCUT2D eigenvalue weighted by atomic mass is 32.1. The summed E-state index contributed by atoms with van der Waals surface area (Å²) in [5.74, 6) is 1.57. The zero-order chi connectivity index (χ0) is 12.5. The van der Waals surface area contributed by atoms with Crippen LogP contribution in [0.5, 0.6) is 11.5 Å². The summed E-state index contributed by atoms with van der Waals surface area (Å²) in [5, 5.41) is 2.00. The molecule has 3 rings (SSSR count). The highest BCUT2D eigenvalue weighted by Gasteiger charge is 2.28. The first kappa shape index (κ1) is 11.5. The molecule has 0 fully saturated rings. The SMILES string of the molecule is COc1ccc2c(c1)OC(c1cscn1)CC2N. The molecule has 2 N–H and O–H groups in total. The van der Waals surface area contributed by atoms with Gasteiger partial charge >= 0.3 is 0 Å². The molecule has 94 valence electrons. The second-order valence-electron chi connectivity index (χ2n) is 4.27. The topological polar surface area (TPSA) is 57.4 Å². The van der Waals surface area contributed by atoms with E-state index in [9.17, 15) is 0 Å². The summed E-state index contributed by atoms with van der Waals surface area (Å²) in [6.07, 6.45) is 0.689. The van der Waals surface area contributed by atoms with E-state index in [2.05, 4.69) is 4.98 Å². The Morgan fingerprint density at radius 3 is 3.11 bits per heavy atom. The smallest absolute Gasteiger partial charge is 0.143 e. The number of thiazole rings is 1. The van der Waals surface area contributed by atoms with Crippen LogP contribution in [0.4, 0.5) is 0 Å². The standard InChI is InChI=1S/C13H14N2O2S/c1-16-8-2-3-9-10(14)5-13(17-12(9)4-8)11-6-18-7-15-11/h2-4,6-7,10,13H,5,14H2,1H3. The maximum absolute atomic E-state index is 6.19. The van der Waals surface area contributed by atoms with E-state index in [1.54, 1.807) is 18.4 Å². The number of nitrogens with zero attached hydrogens (tertiary/aromatic N) is 1. The minimum atomic E-state index is -0.0640. The van der Waals surface area contributed by atoms with Gasteiger partial charge in [-0.15, -0.1) is 11.3 Å². The van der Waals surface area contributed by atoms with Crippen molar-refractivity contribution in [3.8, 4) is 11.5 Å². The van der Waals surface area contributed by atoms with Crippen LogP contribution >= 0.6 is 11.3 Å². The fourth-order valence-electron chi connectivity index (χ4n) is 2.17. The highest BCUT2D eigenvalue weighted by Crippen LogP contribution is 2.40. The fraction of sp³-hybridized carbons (Fsp3) is 0.308. The first-order valence-corrected chi connectivity index (χ1v) is 6.70. The van der Waals surface area contributed by atoms with Gasteiger partial charge in [0.15, 0.2) is 0 Å². The first-order valence-electron chi connectivity index (χ1n) is 5.76. The third-order valence-corrected chi connectivity index (χ3v) is 3.74. The van der Waals surface area contributed by atoms with E-state index in [1.807, 2.05) is 29.1 Å². The van der Waals surface area contributed by atoms with Gasteiger partial charge in [0.25, 0.3) is 0 Å². The van der Waals surface area contributed by atoms with E-state index in [1.165, 1.54) is 0 Å². The summed E-state index contributed by atoms with van der Waals surface area (Å²) < 4.78 is 11.2. The summed E-state index contributed by atoms with van der Waals surface area (Å²) in [5.41, 5.74) is 9.98. The molecule has 1 aliphatic rings. The molecule has 0 saturated heterocycles. The Balaban J connectivity index is 1.95.